The number of esters is 1. The first-order chi connectivity index (χ1) is 18.6. The van der Waals surface area contributed by atoms with Gasteiger partial charge in [-0.2, -0.15) is 0 Å². The minimum Gasteiger partial charge on any atom is -0.478 e. The molecule has 0 saturated heterocycles. The van der Waals surface area contributed by atoms with Crippen LogP contribution in [0.15, 0.2) is 48.5 Å². The molecule has 0 saturated carbocycles. The lowest BCUT2D eigenvalue weighted by molar-refractivity contribution is -0.151. The SMILES string of the molecule is COC(=O)C(NC(=O)C(C)(C)Oc1ccc(C(=O)c2ccc(Cl)cc2)cc1)C(C)(C)CC(C)CNC(=O)C(C)C. The summed E-state index contributed by atoms with van der Waals surface area (Å²) in [5, 5.41) is 6.28. The van der Waals surface area contributed by atoms with Crippen LogP contribution in [0.2, 0.25) is 5.02 Å². The highest BCUT2D eigenvalue weighted by Gasteiger charge is 2.41. The monoisotopic (exact) mass is 572 g/mol. The molecule has 0 aliphatic rings. The highest BCUT2D eigenvalue weighted by Crippen LogP contribution is 2.31. The number of methoxy groups -OCH3 is 1. The Hall–Kier alpha value is -3.39. The molecule has 2 rings (SSSR count). The van der Waals surface area contributed by atoms with Crippen molar-refractivity contribution in [3.05, 3.63) is 64.7 Å². The molecule has 0 radical (unpaired) electrons. The van der Waals surface area contributed by atoms with E-state index in [0.29, 0.717) is 34.9 Å². The van der Waals surface area contributed by atoms with Crippen molar-refractivity contribution in [2.45, 2.75) is 66.5 Å². The van der Waals surface area contributed by atoms with Crippen LogP contribution in [-0.2, 0) is 19.1 Å². The summed E-state index contributed by atoms with van der Waals surface area (Å²) in [6.07, 6.45) is 0.538. The molecule has 2 amide bonds. The lowest BCUT2D eigenvalue weighted by atomic mass is 9.76. The Morgan fingerprint density at radius 3 is 1.90 bits per heavy atom. The molecular formula is C31H41ClN2O6. The molecule has 0 spiro atoms. The van der Waals surface area contributed by atoms with E-state index in [1.165, 1.54) is 7.11 Å². The van der Waals surface area contributed by atoms with Crippen molar-refractivity contribution in [2.24, 2.45) is 17.3 Å². The third kappa shape index (κ3) is 9.08. The summed E-state index contributed by atoms with van der Waals surface area (Å²) in [5.74, 6) is -0.971. The average Bonchev–Trinajstić information content (AvgIpc) is 2.89. The van der Waals surface area contributed by atoms with Gasteiger partial charge in [0.2, 0.25) is 5.91 Å². The van der Waals surface area contributed by atoms with Gasteiger partial charge in [0.1, 0.15) is 11.8 Å². The highest BCUT2D eigenvalue weighted by atomic mass is 35.5. The van der Waals surface area contributed by atoms with Crippen molar-refractivity contribution in [1.82, 2.24) is 10.6 Å². The minimum atomic E-state index is -1.35. The first-order valence-electron chi connectivity index (χ1n) is 13.3. The molecule has 2 aromatic carbocycles. The largest absolute Gasteiger partial charge is 0.478 e. The van der Waals surface area contributed by atoms with Crippen LogP contribution in [0.25, 0.3) is 0 Å². The summed E-state index contributed by atoms with van der Waals surface area (Å²) in [6.45, 7) is 13.0. The molecule has 0 aliphatic carbocycles. The zero-order chi connectivity index (χ0) is 30.3. The summed E-state index contributed by atoms with van der Waals surface area (Å²) < 4.78 is 11.0. The molecule has 0 fully saturated rings. The second-order valence-electron chi connectivity index (χ2n) is 11.6. The molecular weight excluding hydrogens is 532 g/mol. The first-order valence-corrected chi connectivity index (χ1v) is 13.7. The van der Waals surface area contributed by atoms with Gasteiger partial charge in [0, 0.05) is 28.6 Å². The van der Waals surface area contributed by atoms with Gasteiger partial charge in [-0.25, -0.2) is 4.79 Å². The number of ketones is 1. The van der Waals surface area contributed by atoms with Crippen molar-refractivity contribution in [3.63, 3.8) is 0 Å². The fourth-order valence-corrected chi connectivity index (χ4v) is 4.47. The molecule has 2 atom stereocenters. The predicted octanol–water partition coefficient (Wildman–Crippen LogP) is 5.21. The van der Waals surface area contributed by atoms with Gasteiger partial charge < -0.3 is 20.1 Å². The molecule has 0 aromatic heterocycles. The summed E-state index contributed by atoms with van der Waals surface area (Å²) in [4.78, 5) is 50.8. The van der Waals surface area contributed by atoms with E-state index in [4.69, 9.17) is 21.1 Å². The Kier molecular flexibility index (Phi) is 11.3. The molecule has 2 aromatic rings. The molecule has 0 heterocycles. The van der Waals surface area contributed by atoms with E-state index in [0.717, 1.165) is 0 Å². The van der Waals surface area contributed by atoms with E-state index in [1.54, 1.807) is 62.4 Å². The average molecular weight is 573 g/mol. The molecule has 218 valence electrons. The maximum Gasteiger partial charge on any atom is 0.328 e. The van der Waals surface area contributed by atoms with Crippen LogP contribution in [0, 0.1) is 17.3 Å². The molecule has 9 heteroatoms. The lowest BCUT2D eigenvalue weighted by Gasteiger charge is -2.37. The zero-order valence-electron chi connectivity index (χ0n) is 24.6. The van der Waals surface area contributed by atoms with E-state index in [1.807, 2.05) is 34.6 Å². The number of halogens is 1. The van der Waals surface area contributed by atoms with Crippen LogP contribution in [-0.4, -0.2) is 48.9 Å². The molecule has 0 aliphatic heterocycles. The van der Waals surface area contributed by atoms with Gasteiger partial charge >= 0.3 is 5.97 Å². The third-order valence-corrected chi connectivity index (χ3v) is 6.91. The van der Waals surface area contributed by atoms with Crippen LogP contribution in [0.4, 0.5) is 0 Å². The topological polar surface area (TPSA) is 111 Å². The first kappa shape index (κ1) is 32.8. The number of hydrogen-bond acceptors (Lipinski definition) is 6. The van der Waals surface area contributed by atoms with Crippen LogP contribution in [0.3, 0.4) is 0 Å². The molecule has 2 N–H and O–H groups in total. The Morgan fingerprint density at radius 1 is 0.875 bits per heavy atom. The summed E-state index contributed by atoms with van der Waals surface area (Å²) in [5.41, 5.74) is -1.07. The van der Waals surface area contributed by atoms with Crippen LogP contribution >= 0.6 is 11.6 Å². The summed E-state index contributed by atoms with van der Waals surface area (Å²) in [6, 6.07) is 12.2. The van der Waals surface area contributed by atoms with Gasteiger partial charge in [-0.15, -0.1) is 0 Å². The van der Waals surface area contributed by atoms with Gasteiger partial charge in [0.05, 0.1) is 7.11 Å². The second kappa shape index (κ2) is 13.8. The highest BCUT2D eigenvalue weighted by molar-refractivity contribution is 6.30. The second-order valence-corrected chi connectivity index (χ2v) is 12.0. The Morgan fingerprint density at radius 2 is 1.40 bits per heavy atom. The van der Waals surface area contributed by atoms with E-state index < -0.39 is 28.9 Å². The van der Waals surface area contributed by atoms with Crippen LogP contribution in [0.1, 0.15) is 70.8 Å². The number of nitrogens with one attached hydrogen (secondary N) is 2. The van der Waals surface area contributed by atoms with Crippen molar-refractivity contribution < 1.29 is 28.7 Å². The van der Waals surface area contributed by atoms with Crippen molar-refractivity contribution >= 4 is 35.2 Å². The standard InChI is InChI=1S/C31H41ClN2O6/c1-19(2)27(36)33-18-20(3)17-30(4,5)26(28(37)39-8)34-29(38)31(6,7)40-24-15-11-22(12-16-24)25(35)21-9-13-23(32)14-10-21/h9-16,19-20,26H,17-18H2,1-8H3,(H,33,36)(H,34,38). The van der Waals surface area contributed by atoms with Crippen molar-refractivity contribution in [2.75, 3.05) is 13.7 Å². The van der Waals surface area contributed by atoms with Crippen LogP contribution in [0.5, 0.6) is 5.75 Å². The number of carbonyl (C=O) groups excluding carboxylic acids is 4. The van der Waals surface area contributed by atoms with E-state index in [-0.39, 0.29) is 23.5 Å². The van der Waals surface area contributed by atoms with Crippen molar-refractivity contribution in [1.29, 1.82) is 0 Å². The van der Waals surface area contributed by atoms with Crippen LogP contribution < -0.4 is 15.4 Å². The molecule has 8 nitrogen and oxygen atoms in total. The lowest BCUT2D eigenvalue weighted by Crippen LogP contribution is -2.57. The van der Waals surface area contributed by atoms with Gasteiger partial charge in [0.25, 0.3) is 5.91 Å². The van der Waals surface area contributed by atoms with Gasteiger partial charge in [-0.1, -0.05) is 46.2 Å². The van der Waals surface area contributed by atoms with Gasteiger partial charge in [-0.05, 0) is 80.1 Å². The predicted molar refractivity (Wildman–Crippen MR) is 155 cm³/mol. The summed E-state index contributed by atoms with van der Waals surface area (Å²) >= 11 is 5.91. The van der Waals surface area contributed by atoms with Crippen molar-refractivity contribution in [3.8, 4) is 5.75 Å². The zero-order valence-corrected chi connectivity index (χ0v) is 25.3. The number of benzene rings is 2. The summed E-state index contributed by atoms with van der Waals surface area (Å²) in [7, 11) is 1.28. The number of carbonyl (C=O) groups is 4. The number of rotatable bonds is 13. The smallest absolute Gasteiger partial charge is 0.328 e. The van der Waals surface area contributed by atoms with E-state index in [2.05, 4.69) is 10.6 Å². The Labute approximate surface area is 242 Å². The molecule has 40 heavy (non-hydrogen) atoms. The third-order valence-electron chi connectivity index (χ3n) is 6.66. The maximum atomic E-state index is 13.3. The fourth-order valence-electron chi connectivity index (χ4n) is 4.35. The normalized spacial score (nSPS) is 13.2. The maximum absolute atomic E-state index is 13.3. The number of ether oxygens (including phenoxy) is 2. The fraction of sp³-hybridized carbons (Fsp3) is 0.484. The van der Waals surface area contributed by atoms with E-state index >= 15 is 0 Å². The molecule has 0 bridgehead atoms. The minimum absolute atomic E-state index is 0.0382. The van der Waals surface area contributed by atoms with Gasteiger partial charge in [0.15, 0.2) is 11.4 Å². The molecule has 2 unspecified atom stereocenters. The Balaban J connectivity index is 2.10. The van der Waals surface area contributed by atoms with Gasteiger partial charge in [-0.3, -0.25) is 14.4 Å². The van der Waals surface area contributed by atoms with E-state index in [9.17, 15) is 19.2 Å². The number of hydrogen-bond donors (Lipinski definition) is 2. The Bertz CT molecular complexity index is 1190. The quantitative estimate of drug-likeness (QED) is 0.252. The number of amides is 2.